The van der Waals surface area contributed by atoms with Crippen LogP contribution in [0, 0.1) is 6.92 Å². The lowest BCUT2D eigenvalue weighted by Crippen LogP contribution is -2.19. The third-order valence-corrected chi connectivity index (χ3v) is 4.68. The number of nitrogens with one attached hydrogen (secondary N) is 2. The maximum Gasteiger partial charge on any atom is 0.417 e. The molecule has 0 saturated heterocycles. The molecule has 1 heterocycles. The summed E-state index contributed by atoms with van der Waals surface area (Å²) in [6, 6.07) is 5.20. The standard InChI is InChI=1S/C22H24F3N5/c1-4-13-26-19-12-8-6-9-16(19)14(2)27-20-15(3)29-30-21(28-20)17-10-5-7-11-18(17)22(23,24)25/h5-7,9-11,26H,2,4,8,12-13H2,1,3H3,(H,27,28,30). The summed E-state index contributed by atoms with van der Waals surface area (Å²) < 4.78 is 40.2. The molecule has 0 amide bonds. The molecule has 3 rings (SSSR count). The molecule has 8 heteroatoms. The maximum atomic E-state index is 13.4. The molecule has 0 saturated carbocycles. The number of anilines is 1. The van der Waals surface area contributed by atoms with Crippen molar-refractivity contribution in [3.8, 4) is 11.4 Å². The lowest BCUT2D eigenvalue weighted by Gasteiger charge is -2.20. The maximum absolute atomic E-state index is 13.4. The third-order valence-electron chi connectivity index (χ3n) is 4.68. The monoisotopic (exact) mass is 415 g/mol. The summed E-state index contributed by atoms with van der Waals surface area (Å²) in [7, 11) is 0. The fourth-order valence-corrected chi connectivity index (χ4v) is 3.15. The highest BCUT2D eigenvalue weighted by molar-refractivity contribution is 5.64. The predicted octanol–water partition coefficient (Wildman–Crippen LogP) is 5.40. The van der Waals surface area contributed by atoms with E-state index in [2.05, 4.69) is 45.4 Å². The van der Waals surface area contributed by atoms with E-state index in [0.29, 0.717) is 17.2 Å². The van der Waals surface area contributed by atoms with Gasteiger partial charge in [-0.25, -0.2) is 4.98 Å². The van der Waals surface area contributed by atoms with E-state index in [0.717, 1.165) is 43.1 Å². The van der Waals surface area contributed by atoms with Gasteiger partial charge in [-0.2, -0.15) is 13.2 Å². The predicted molar refractivity (Wildman–Crippen MR) is 111 cm³/mol. The first-order valence-electron chi connectivity index (χ1n) is 9.79. The van der Waals surface area contributed by atoms with Crippen molar-refractivity contribution in [3.63, 3.8) is 0 Å². The van der Waals surface area contributed by atoms with Gasteiger partial charge < -0.3 is 10.6 Å². The van der Waals surface area contributed by atoms with E-state index >= 15 is 0 Å². The molecule has 2 N–H and O–H groups in total. The van der Waals surface area contributed by atoms with Gasteiger partial charge in [0.15, 0.2) is 11.6 Å². The minimum absolute atomic E-state index is 0.0960. The Kier molecular flexibility index (Phi) is 6.54. The number of aromatic nitrogens is 3. The second-order valence-corrected chi connectivity index (χ2v) is 6.98. The molecule has 0 fully saturated rings. The van der Waals surface area contributed by atoms with Crippen LogP contribution in [0.2, 0.25) is 0 Å². The van der Waals surface area contributed by atoms with E-state index in [9.17, 15) is 13.2 Å². The molecule has 0 bridgehead atoms. The number of hydrogen-bond acceptors (Lipinski definition) is 5. The lowest BCUT2D eigenvalue weighted by atomic mass is 10.0. The SMILES string of the molecule is C=C(Nc1nc(-c2ccccc2C(F)(F)F)nnc1C)C1=C(NCCC)CCC=C1. The van der Waals surface area contributed by atoms with E-state index in [1.807, 2.05) is 6.08 Å². The zero-order valence-electron chi connectivity index (χ0n) is 17.0. The lowest BCUT2D eigenvalue weighted by molar-refractivity contribution is -0.137. The van der Waals surface area contributed by atoms with Crippen LogP contribution in [0.25, 0.3) is 11.4 Å². The Bertz CT molecular complexity index is 993. The van der Waals surface area contributed by atoms with Gasteiger partial charge in [0.25, 0.3) is 0 Å². The van der Waals surface area contributed by atoms with Crippen molar-refractivity contribution in [3.05, 3.63) is 71.2 Å². The average molecular weight is 415 g/mol. The molecule has 5 nitrogen and oxygen atoms in total. The summed E-state index contributed by atoms with van der Waals surface area (Å²) in [6.45, 7) is 8.74. The van der Waals surface area contributed by atoms with Gasteiger partial charge in [-0.1, -0.05) is 43.9 Å². The molecule has 0 spiro atoms. The quantitative estimate of drug-likeness (QED) is 0.634. The molecule has 1 aromatic carbocycles. The molecule has 0 atom stereocenters. The van der Waals surface area contributed by atoms with E-state index in [1.54, 1.807) is 6.92 Å². The van der Waals surface area contributed by atoms with Gasteiger partial charge in [0.1, 0.15) is 5.69 Å². The van der Waals surface area contributed by atoms with Gasteiger partial charge in [0.05, 0.1) is 5.56 Å². The largest absolute Gasteiger partial charge is 0.417 e. The number of nitrogens with zero attached hydrogens (tertiary/aromatic N) is 3. The van der Waals surface area contributed by atoms with Crippen LogP contribution < -0.4 is 10.6 Å². The van der Waals surface area contributed by atoms with Crippen LogP contribution in [-0.4, -0.2) is 21.7 Å². The van der Waals surface area contributed by atoms with E-state index < -0.39 is 11.7 Å². The van der Waals surface area contributed by atoms with Crippen LogP contribution in [0.3, 0.4) is 0 Å². The second kappa shape index (κ2) is 9.11. The molecular weight excluding hydrogens is 391 g/mol. The number of rotatable bonds is 7. The van der Waals surface area contributed by atoms with Crippen LogP contribution in [0.15, 0.2) is 60.0 Å². The Morgan fingerprint density at radius 2 is 1.97 bits per heavy atom. The molecule has 0 radical (unpaired) electrons. The Morgan fingerprint density at radius 3 is 2.70 bits per heavy atom. The highest BCUT2D eigenvalue weighted by Crippen LogP contribution is 2.36. The van der Waals surface area contributed by atoms with Crippen molar-refractivity contribution in [1.29, 1.82) is 0 Å². The number of allylic oxidation sites excluding steroid dienone is 3. The minimum Gasteiger partial charge on any atom is -0.388 e. The van der Waals surface area contributed by atoms with Crippen molar-refractivity contribution in [2.75, 3.05) is 11.9 Å². The van der Waals surface area contributed by atoms with Crippen molar-refractivity contribution < 1.29 is 13.2 Å². The number of halogens is 3. The van der Waals surface area contributed by atoms with Crippen molar-refractivity contribution in [1.82, 2.24) is 20.5 Å². The fourth-order valence-electron chi connectivity index (χ4n) is 3.15. The summed E-state index contributed by atoms with van der Waals surface area (Å²) in [5.41, 5.74) is 2.15. The Labute approximate surface area is 173 Å². The van der Waals surface area contributed by atoms with Crippen LogP contribution in [-0.2, 0) is 6.18 Å². The van der Waals surface area contributed by atoms with Gasteiger partial charge in [-0.3, -0.25) is 0 Å². The number of aryl methyl sites for hydroxylation is 1. The first-order valence-corrected chi connectivity index (χ1v) is 9.79. The first kappa shape index (κ1) is 21.5. The first-order chi connectivity index (χ1) is 14.3. The van der Waals surface area contributed by atoms with Gasteiger partial charge in [0.2, 0.25) is 0 Å². The molecule has 1 aliphatic carbocycles. The van der Waals surface area contributed by atoms with Gasteiger partial charge >= 0.3 is 6.18 Å². The molecule has 1 aromatic heterocycles. The van der Waals surface area contributed by atoms with Crippen LogP contribution in [0.1, 0.15) is 37.4 Å². The van der Waals surface area contributed by atoms with Crippen molar-refractivity contribution in [2.24, 2.45) is 0 Å². The molecule has 1 aliphatic rings. The van der Waals surface area contributed by atoms with Gasteiger partial charge in [0, 0.05) is 29.1 Å². The zero-order valence-corrected chi connectivity index (χ0v) is 17.0. The topological polar surface area (TPSA) is 62.7 Å². The molecule has 2 aromatic rings. The van der Waals surface area contributed by atoms with Crippen LogP contribution in [0.4, 0.5) is 19.0 Å². The van der Waals surface area contributed by atoms with Gasteiger partial charge in [-0.15, -0.1) is 10.2 Å². The van der Waals surface area contributed by atoms with E-state index in [1.165, 1.54) is 18.2 Å². The highest BCUT2D eigenvalue weighted by Gasteiger charge is 2.34. The Hall–Kier alpha value is -3.16. The molecule has 0 unspecified atom stereocenters. The Balaban J connectivity index is 1.93. The second-order valence-electron chi connectivity index (χ2n) is 6.98. The van der Waals surface area contributed by atoms with Crippen LogP contribution in [0.5, 0.6) is 0 Å². The molecular formula is C22H24F3N5. The average Bonchev–Trinajstić information content (AvgIpc) is 2.73. The molecule has 30 heavy (non-hydrogen) atoms. The molecule has 0 aliphatic heterocycles. The summed E-state index contributed by atoms with van der Waals surface area (Å²) >= 11 is 0. The fraction of sp³-hybridized carbons (Fsp3) is 0.318. The van der Waals surface area contributed by atoms with E-state index in [4.69, 9.17) is 0 Å². The number of hydrogen-bond donors (Lipinski definition) is 2. The zero-order chi connectivity index (χ0) is 21.7. The smallest absolute Gasteiger partial charge is 0.388 e. The van der Waals surface area contributed by atoms with Crippen LogP contribution >= 0.6 is 0 Å². The highest BCUT2D eigenvalue weighted by atomic mass is 19.4. The van der Waals surface area contributed by atoms with Crippen molar-refractivity contribution in [2.45, 2.75) is 39.3 Å². The van der Waals surface area contributed by atoms with Crippen molar-refractivity contribution >= 4 is 5.82 Å². The normalized spacial score (nSPS) is 14.0. The summed E-state index contributed by atoms with van der Waals surface area (Å²) in [4.78, 5) is 4.33. The molecule has 158 valence electrons. The minimum atomic E-state index is -4.51. The van der Waals surface area contributed by atoms with Gasteiger partial charge in [-0.05, 0) is 32.3 Å². The summed E-state index contributed by atoms with van der Waals surface area (Å²) in [6.07, 6.45) is 2.35. The third kappa shape index (κ3) is 4.87. The Morgan fingerprint density at radius 1 is 1.20 bits per heavy atom. The summed E-state index contributed by atoms with van der Waals surface area (Å²) in [5, 5.41) is 14.4. The van der Waals surface area contributed by atoms with E-state index in [-0.39, 0.29) is 11.4 Å². The summed E-state index contributed by atoms with van der Waals surface area (Å²) in [5.74, 6) is 0.226. The number of benzene rings is 1. The number of alkyl halides is 3.